The van der Waals surface area contributed by atoms with Crippen LogP contribution in [0.4, 0.5) is 17.1 Å². The Morgan fingerprint density at radius 2 is 1.52 bits per heavy atom. The van der Waals surface area contributed by atoms with Crippen LogP contribution >= 0.6 is 11.3 Å². The SMILES string of the molecule is [C-]#[N+]/C(C#N)=C\c1cc2oc3cc(N(c4ccc(C)cc4)c4ccc(C)cc4)ccc3c2s1. The average molecular weight is 446 g/mol. The molecule has 0 amide bonds. The van der Waals surface area contributed by atoms with Crippen molar-refractivity contribution in [1.82, 2.24) is 0 Å². The zero-order chi connectivity index (χ0) is 22.9. The molecule has 0 bridgehead atoms. The van der Waals surface area contributed by atoms with Gasteiger partial charge in [-0.05, 0) is 62.4 Å². The third-order valence-electron chi connectivity index (χ3n) is 5.50. The van der Waals surface area contributed by atoms with Gasteiger partial charge in [-0.3, -0.25) is 0 Å². The Kier molecular flexibility index (Phi) is 5.18. The van der Waals surface area contributed by atoms with Gasteiger partial charge in [-0.1, -0.05) is 35.4 Å². The van der Waals surface area contributed by atoms with Crippen LogP contribution < -0.4 is 4.90 Å². The van der Waals surface area contributed by atoms with Crippen LogP contribution in [0.1, 0.15) is 16.0 Å². The summed E-state index contributed by atoms with van der Waals surface area (Å²) in [7, 11) is 0. The minimum Gasteiger partial charge on any atom is -0.455 e. The predicted molar refractivity (Wildman–Crippen MR) is 136 cm³/mol. The van der Waals surface area contributed by atoms with Crippen molar-refractivity contribution >= 4 is 55.7 Å². The molecular formula is C28H19N3OS. The standard InChI is InChI=1S/C28H19N3OS/c1-18-4-8-21(9-5-18)31(22-10-6-19(2)7-11-22)23-12-13-25-26(15-23)32-27-16-24(33-28(25)27)14-20(17-29)30-3/h4-16H,1-2H3/b20-14-. The lowest BCUT2D eigenvalue weighted by Crippen LogP contribution is -2.09. The van der Waals surface area contributed by atoms with E-state index in [0.717, 1.165) is 43.2 Å². The van der Waals surface area contributed by atoms with Gasteiger partial charge in [0.15, 0.2) is 0 Å². The summed E-state index contributed by atoms with van der Waals surface area (Å²) < 4.78 is 7.19. The molecule has 0 aliphatic heterocycles. The van der Waals surface area contributed by atoms with E-state index in [0.29, 0.717) is 0 Å². The van der Waals surface area contributed by atoms with Crippen LogP contribution in [0.25, 0.3) is 32.2 Å². The van der Waals surface area contributed by atoms with Crippen molar-refractivity contribution in [2.75, 3.05) is 4.90 Å². The second-order valence-corrected chi connectivity index (χ2v) is 8.97. The summed E-state index contributed by atoms with van der Waals surface area (Å²) in [5.41, 5.74) is 7.23. The highest BCUT2D eigenvalue weighted by atomic mass is 32.1. The summed E-state index contributed by atoms with van der Waals surface area (Å²) in [5, 5.41) is 10.1. The van der Waals surface area contributed by atoms with Gasteiger partial charge in [-0.2, -0.15) is 0 Å². The van der Waals surface area contributed by atoms with E-state index < -0.39 is 0 Å². The molecule has 2 heterocycles. The second kappa shape index (κ2) is 8.31. The van der Waals surface area contributed by atoms with Gasteiger partial charge in [0.05, 0.1) is 17.3 Å². The Morgan fingerprint density at radius 3 is 2.09 bits per heavy atom. The van der Waals surface area contributed by atoms with Crippen LogP contribution in [-0.4, -0.2) is 0 Å². The van der Waals surface area contributed by atoms with Gasteiger partial charge < -0.3 is 9.32 Å². The maximum Gasteiger partial charge on any atom is 0.263 e. The number of hydrogen-bond acceptors (Lipinski definition) is 4. The van der Waals surface area contributed by atoms with Crippen molar-refractivity contribution in [3.05, 3.63) is 106 Å². The largest absolute Gasteiger partial charge is 0.455 e. The Balaban J connectivity index is 1.62. The van der Waals surface area contributed by atoms with E-state index in [1.807, 2.05) is 12.1 Å². The molecule has 2 aromatic heterocycles. The molecule has 0 saturated carbocycles. The monoisotopic (exact) mass is 445 g/mol. The highest BCUT2D eigenvalue weighted by Crippen LogP contribution is 2.41. The first-order chi connectivity index (χ1) is 16.1. The fourth-order valence-corrected chi connectivity index (χ4v) is 4.88. The zero-order valence-electron chi connectivity index (χ0n) is 18.2. The van der Waals surface area contributed by atoms with Crippen LogP contribution in [0.15, 0.2) is 82.9 Å². The fourth-order valence-electron chi connectivity index (χ4n) is 3.83. The van der Waals surface area contributed by atoms with Gasteiger partial charge in [0, 0.05) is 33.4 Å². The summed E-state index contributed by atoms with van der Waals surface area (Å²) in [6.07, 6.45) is 1.60. The normalized spacial score (nSPS) is 11.5. The Morgan fingerprint density at radius 1 is 0.909 bits per heavy atom. The molecular weight excluding hydrogens is 426 g/mol. The number of furan rings is 1. The smallest absolute Gasteiger partial charge is 0.263 e. The van der Waals surface area contributed by atoms with Gasteiger partial charge in [0.2, 0.25) is 0 Å². The van der Waals surface area contributed by atoms with Crippen LogP contribution in [0.3, 0.4) is 0 Å². The molecule has 0 N–H and O–H groups in total. The number of anilines is 3. The molecule has 0 atom stereocenters. The van der Waals surface area contributed by atoms with E-state index in [1.54, 1.807) is 6.08 Å². The van der Waals surface area contributed by atoms with Gasteiger partial charge >= 0.3 is 0 Å². The topological polar surface area (TPSA) is 44.5 Å². The predicted octanol–water partition coefficient (Wildman–Crippen LogP) is 8.52. The fraction of sp³-hybridized carbons (Fsp3) is 0.0714. The molecule has 158 valence electrons. The maximum absolute atomic E-state index is 9.03. The molecule has 3 aromatic carbocycles. The Bertz CT molecular complexity index is 1530. The number of aryl methyl sites for hydroxylation is 2. The number of hydrogen-bond donors (Lipinski definition) is 0. The van der Waals surface area contributed by atoms with E-state index in [1.165, 1.54) is 22.5 Å². The molecule has 0 radical (unpaired) electrons. The number of allylic oxidation sites excluding steroid dienone is 1. The first-order valence-corrected chi connectivity index (χ1v) is 11.3. The maximum atomic E-state index is 9.03. The van der Waals surface area contributed by atoms with Gasteiger partial charge in [0.1, 0.15) is 11.2 Å². The number of fused-ring (bicyclic) bond motifs is 3. The molecule has 5 aromatic rings. The Hall–Kier alpha value is -4.32. The lowest BCUT2D eigenvalue weighted by molar-refractivity contribution is 0.670. The number of nitriles is 1. The summed E-state index contributed by atoms with van der Waals surface area (Å²) in [6.45, 7) is 11.2. The molecule has 5 rings (SSSR count). The van der Waals surface area contributed by atoms with Crippen molar-refractivity contribution in [3.63, 3.8) is 0 Å². The van der Waals surface area contributed by atoms with Crippen LogP contribution in [0.5, 0.6) is 0 Å². The molecule has 0 unspecified atom stereocenters. The first kappa shape index (κ1) is 20.6. The van der Waals surface area contributed by atoms with Crippen LogP contribution in [-0.2, 0) is 0 Å². The van der Waals surface area contributed by atoms with Crippen molar-refractivity contribution < 1.29 is 4.42 Å². The lowest BCUT2D eigenvalue weighted by Gasteiger charge is -2.25. The molecule has 0 saturated heterocycles. The highest BCUT2D eigenvalue weighted by molar-refractivity contribution is 7.20. The summed E-state index contributed by atoms with van der Waals surface area (Å²) >= 11 is 1.52. The van der Waals surface area contributed by atoms with Crippen molar-refractivity contribution in [3.8, 4) is 6.07 Å². The van der Waals surface area contributed by atoms with E-state index in [2.05, 4.69) is 90.3 Å². The summed E-state index contributed by atoms with van der Waals surface area (Å²) in [4.78, 5) is 6.30. The minimum absolute atomic E-state index is 0.0670. The lowest BCUT2D eigenvalue weighted by atomic mass is 10.1. The molecule has 0 fully saturated rings. The molecule has 5 heteroatoms. The number of benzene rings is 3. The highest BCUT2D eigenvalue weighted by Gasteiger charge is 2.16. The average Bonchev–Trinajstić information content (AvgIpc) is 3.37. The first-order valence-electron chi connectivity index (χ1n) is 10.4. The van der Waals surface area contributed by atoms with Crippen molar-refractivity contribution in [2.24, 2.45) is 0 Å². The van der Waals surface area contributed by atoms with Crippen LogP contribution in [0, 0.1) is 31.8 Å². The number of rotatable bonds is 4. The van der Waals surface area contributed by atoms with Gasteiger partial charge in [0.25, 0.3) is 5.70 Å². The van der Waals surface area contributed by atoms with E-state index in [-0.39, 0.29) is 5.70 Å². The summed E-state index contributed by atoms with van der Waals surface area (Å²) in [5.74, 6) is 0. The number of nitrogens with zero attached hydrogens (tertiary/aromatic N) is 3. The number of thiophene rings is 1. The molecule has 33 heavy (non-hydrogen) atoms. The van der Waals surface area contributed by atoms with Gasteiger partial charge in [-0.25, -0.2) is 10.1 Å². The van der Waals surface area contributed by atoms with E-state index in [4.69, 9.17) is 16.3 Å². The zero-order valence-corrected chi connectivity index (χ0v) is 19.0. The van der Waals surface area contributed by atoms with Crippen molar-refractivity contribution in [2.45, 2.75) is 13.8 Å². The Labute approximate surface area is 196 Å². The van der Waals surface area contributed by atoms with Gasteiger partial charge in [-0.15, -0.1) is 11.3 Å². The third kappa shape index (κ3) is 3.87. The van der Waals surface area contributed by atoms with Crippen molar-refractivity contribution in [1.29, 1.82) is 5.26 Å². The molecule has 0 aliphatic carbocycles. The van der Waals surface area contributed by atoms with Crippen LogP contribution in [0.2, 0.25) is 0 Å². The second-order valence-electron chi connectivity index (χ2n) is 7.88. The third-order valence-corrected chi connectivity index (χ3v) is 6.60. The molecule has 0 aliphatic rings. The molecule has 4 nitrogen and oxygen atoms in total. The summed E-state index contributed by atoms with van der Waals surface area (Å²) in [6, 6.07) is 27.0. The van der Waals surface area contributed by atoms with E-state index in [9.17, 15) is 0 Å². The van der Waals surface area contributed by atoms with E-state index >= 15 is 0 Å². The minimum atomic E-state index is 0.0670. The molecule has 0 spiro atoms. The quantitative estimate of drug-likeness (QED) is 0.206.